The standard InChI is InChI=1S/C14H14N4O2/c15-8-11(14(16)20)7-10-1-3-12(4-2-10)18-6-5-17-13(19)9-18/h1-4,7H,5-6,9H2,(H2,16,20)(H,17,19)/b11-7-. The van der Waals surface area contributed by atoms with Crippen molar-refractivity contribution in [3.8, 4) is 6.07 Å². The van der Waals surface area contributed by atoms with Crippen LogP contribution in [0, 0.1) is 11.3 Å². The van der Waals surface area contributed by atoms with Crippen molar-refractivity contribution in [1.29, 1.82) is 5.26 Å². The van der Waals surface area contributed by atoms with Gasteiger partial charge in [0.15, 0.2) is 0 Å². The number of nitrogens with two attached hydrogens (primary N) is 1. The molecule has 0 unspecified atom stereocenters. The number of nitrogens with one attached hydrogen (secondary N) is 1. The second kappa shape index (κ2) is 5.89. The fourth-order valence-corrected chi connectivity index (χ4v) is 1.97. The van der Waals surface area contributed by atoms with Gasteiger partial charge in [-0.2, -0.15) is 5.26 Å². The zero-order valence-corrected chi connectivity index (χ0v) is 10.8. The molecule has 20 heavy (non-hydrogen) atoms. The third kappa shape index (κ3) is 3.14. The molecule has 1 fully saturated rings. The molecule has 102 valence electrons. The molecule has 6 nitrogen and oxygen atoms in total. The first-order chi connectivity index (χ1) is 9.60. The third-order valence-corrected chi connectivity index (χ3v) is 2.99. The van der Waals surface area contributed by atoms with Crippen LogP contribution in [0.1, 0.15) is 5.56 Å². The molecule has 6 heteroatoms. The quantitative estimate of drug-likeness (QED) is 0.597. The minimum Gasteiger partial charge on any atom is -0.365 e. The highest BCUT2D eigenvalue weighted by Gasteiger charge is 2.16. The van der Waals surface area contributed by atoms with Crippen molar-refractivity contribution in [1.82, 2.24) is 5.32 Å². The van der Waals surface area contributed by atoms with Gasteiger partial charge in [0, 0.05) is 18.8 Å². The summed E-state index contributed by atoms with van der Waals surface area (Å²) in [6, 6.07) is 9.01. The lowest BCUT2D eigenvalue weighted by atomic mass is 10.1. The molecule has 0 bridgehead atoms. The highest BCUT2D eigenvalue weighted by molar-refractivity contribution is 6.00. The van der Waals surface area contributed by atoms with Gasteiger partial charge in [0.25, 0.3) is 5.91 Å². The van der Waals surface area contributed by atoms with Gasteiger partial charge in [0.2, 0.25) is 5.91 Å². The van der Waals surface area contributed by atoms with Crippen LogP contribution in [0.25, 0.3) is 6.08 Å². The van der Waals surface area contributed by atoms with Crippen LogP contribution in [0.3, 0.4) is 0 Å². The number of rotatable bonds is 3. The molecule has 1 aliphatic heterocycles. The van der Waals surface area contributed by atoms with E-state index in [1.807, 2.05) is 17.0 Å². The molecular formula is C14H14N4O2. The zero-order valence-electron chi connectivity index (χ0n) is 10.8. The predicted molar refractivity (Wildman–Crippen MR) is 74.4 cm³/mol. The van der Waals surface area contributed by atoms with E-state index in [0.29, 0.717) is 18.7 Å². The molecule has 2 amide bonds. The van der Waals surface area contributed by atoms with Crippen molar-refractivity contribution in [2.45, 2.75) is 0 Å². The Balaban J connectivity index is 2.16. The molecular weight excluding hydrogens is 256 g/mol. The van der Waals surface area contributed by atoms with E-state index in [1.54, 1.807) is 18.2 Å². The number of nitrogens with zero attached hydrogens (tertiary/aromatic N) is 2. The summed E-state index contributed by atoms with van der Waals surface area (Å²) in [5.74, 6) is -0.745. The number of primary amides is 1. The summed E-state index contributed by atoms with van der Waals surface area (Å²) in [4.78, 5) is 24.3. The van der Waals surface area contributed by atoms with E-state index in [9.17, 15) is 9.59 Å². The average molecular weight is 270 g/mol. The van der Waals surface area contributed by atoms with Crippen LogP contribution in [-0.4, -0.2) is 31.4 Å². The van der Waals surface area contributed by atoms with Gasteiger partial charge in [-0.05, 0) is 23.8 Å². The highest BCUT2D eigenvalue weighted by atomic mass is 16.2. The van der Waals surface area contributed by atoms with E-state index in [-0.39, 0.29) is 11.5 Å². The summed E-state index contributed by atoms with van der Waals surface area (Å²) in [7, 11) is 0. The third-order valence-electron chi connectivity index (χ3n) is 2.99. The first-order valence-electron chi connectivity index (χ1n) is 6.13. The van der Waals surface area contributed by atoms with Crippen LogP contribution in [0.5, 0.6) is 0 Å². The maximum Gasteiger partial charge on any atom is 0.259 e. The smallest absolute Gasteiger partial charge is 0.259 e. The lowest BCUT2D eigenvalue weighted by Gasteiger charge is -2.28. The lowest BCUT2D eigenvalue weighted by molar-refractivity contribution is -0.120. The van der Waals surface area contributed by atoms with Crippen LogP contribution in [0.4, 0.5) is 5.69 Å². The molecule has 1 aromatic carbocycles. The second-order valence-electron chi connectivity index (χ2n) is 4.40. The summed E-state index contributed by atoms with van der Waals surface area (Å²) in [6.07, 6.45) is 1.44. The average Bonchev–Trinajstić information content (AvgIpc) is 2.45. The Morgan fingerprint density at radius 3 is 2.65 bits per heavy atom. The summed E-state index contributed by atoms with van der Waals surface area (Å²) < 4.78 is 0. The summed E-state index contributed by atoms with van der Waals surface area (Å²) in [6.45, 7) is 1.71. The van der Waals surface area contributed by atoms with Crippen LogP contribution in [-0.2, 0) is 9.59 Å². The second-order valence-corrected chi connectivity index (χ2v) is 4.40. The SMILES string of the molecule is N#C/C(=C/c1ccc(N2CCNC(=O)C2)cc1)C(N)=O. The molecule has 2 rings (SSSR count). The Morgan fingerprint density at radius 1 is 1.40 bits per heavy atom. The van der Waals surface area contributed by atoms with Gasteiger partial charge in [-0.3, -0.25) is 9.59 Å². The number of carbonyl (C=O) groups excluding carboxylic acids is 2. The molecule has 0 saturated carbocycles. The van der Waals surface area contributed by atoms with Crippen molar-refractivity contribution in [2.24, 2.45) is 5.73 Å². The van der Waals surface area contributed by atoms with E-state index in [1.165, 1.54) is 6.08 Å². The fraction of sp³-hybridized carbons (Fsp3) is 0.214. The van der Waals surface area contributed by atoms with E-state index in [0.717, 1.165) is 12.2 Å². The highest BCUT2D eigenvalue weighted by Crippen LogP contribution is 2.17. The van der Waals surface area contributed by atoms with Crippen molar-refractivity contribution in [3.05, 3.63) is 35.4 Å². The summed E-state index contributed by atoms with van der Waals surface area (Å²) in [5, 5.41) is 11.5. The van der Waals surface area contributed by atoms with Gasteiger partial charge in [-0.25, -0.2) is 0 Å². The number of hydrogen-bond acceptors (Lipinski definition) is 4. The van der Waals surface area contributed by atoms with Crippen molar-refractivity contribution in [2.75, 3.05) is 24.5 Å². The van der Waals surface area contributed by atoms with E-state index in [2.05, 4.69) is 5.32 Å². The molecule has 0 spiro atoms. The van der Waals surface area contributed by atoms with Crippen molar-refractivity contribution < 1.29 is 9.59 Å². The maximum absolute atomic E-state index is 11.3. The van der Waals surface area contributed by atoms with Gasteiger partial charge in [-0.15, -0.1) is 0 Å². The Hall–Kier alpha value is -2.81. The van der Waals surface area contributed by atoms with Crippen LogP contribution in [0.2, 0.25) is 0 Å². The molecule has 0 radical (unpaired) electrons. The molecule has 0 atom stereocenters. The van der Waals surface area contributed by atoms with Gasteiger partial charge in [0.1, 0.15) is 11.6 Å². The van der Waals surface area contributed by atoms with Gasteiger partial charge < -0.3 is 16.0 Å². The van der Waals surface area contributed by atoms with Crippen molar-refractivity contribution >= 4 is 23.6 Å². The van der Waals surface area contributed by atoms with Gasteiger partial charge in [0.05, 0.1) is 6.54 Å². The molecule has 1 saturated heterocycles. The van der Waals surface area contributed by atoms with E-state index >= 15 is 0 Å². The van der Waals surface area contributed by atoms with E-state index in [4.69, 9.17) is 11.0 Å². The largest absolute Gasteiger partial charge is 0.365 e. The maximum atomic E-state index is 11.3. The number of amides is 2. The number of benzene rings is 1. The zero-order chi connectivity index (χ0) is 14.5. The Bertz CT molecular complexity index is 599. The molecule has 1 aromatic rings. The number of carbonyl (C=O) groups is 2. The predicted octanol–water partition coefficient (Wildman–Crippen LogP) is 0.0151. The normalized spacial score (nSPS) is 15.4. The summed E-state index contributed by atoms with van der Waals surface area (Å²) >= 11 is 0. The summed E-state index contributed by atoms with van der Waals surface area (Å²) in [5.41, 5.74) is 6.63. The Kier molecular flexibility index (Phi) is 4.01. The van der Waals surface area contributed by atoms with Crippen LogP contribution < -0.4 is 16.0 Å². The fourth-order valence-electron chi connectivity index (χ4n) is 1.97. The molecule has 0 aromatic heterocycles. The number of anilines is 1. The Morgan fingerprint density at radius 2 is 2.10 bits per heavy atom. The first kappa shape index (κ1) is 13.6. The van der Waals surface area contributed by atoms with Gasteiger partial charge in [-0.1, -0.05) is 12.1 Å². The van der Waals surface area contributed by atoms with Crippen molar-refractivity contribution in [3.63, 3.8) is 0 Å². The topological polar surface area (TPSA) is 99.2 Å². The minimum atomic E-state index is -0.746. The first-order valence-corrected chi connectivity index (χ1v) is 6.13. The minimum absolute atomic E-state index is 0.000664. The van der Waals surface area contributed by atoms with Crippen LogP contribution in [0.15, 0.2) is 29.8 Å². The van der Waals surface area contributed by atoms with Crippen LogP contribution >= 0.6 is 0 Å². The molecule has 1 aliphatic rings. The Labute approximate surface area is 116 Å². The lowest BCUT2D eigenvalue weighted by Crippen LogP contribution is -2.47. The van der Waals surface area contributed by atoms with E-state index < -0.39 is 5.91 Å². The number of piperazine rings is 1. The molecule has 1 heterocycles. The number of hydrogen-bond donors (Lipinski definition) is 2. The number of nitriles is 1. The molecule has 0 aliphatic carbocycles. The molecule has 3 N–H and O–H groups in total. The monoisotopic (exact) mass is 270 g/mol. The van der Waals surface area contributed by atoms with Gasteiger partial charge >= 0.3 is 0 Å².